The van der Waals surface area contributed by atoms with Gasteiger partial charge in [-0.3, -0.25) is 4.79 Å². The van der Waals surface area contributed by atoms with Gasteiger partial charge in [0.1, 0.15) is 11.8 Å². The van der Waals surface area contributed by atoms with E-state index in [1.54, 1.807) is 19.2 Å². The molecule has 0 aliphatic carbocycles. The second-order valence-corrected chi connectivity index (χ2v) is 8.61. The van der Waals surface area contributed by atoms with E-state index in [-0.39, 0.29) is 11.3 Å². The molecule has 1 fully saturated rings. The molecular formula is C20H23NO6S. The third-order valence-corrected chi connectivity index (χ3v) is 6.13. The Hall–Kier alpha value is -2.42. The highest BCUT2D eigenvalue weighted by Crippen LogP contribution is 2.32. The van der Waals surface area contributed by atoms with E-state index in [4.69, 9.17) is 14.2 Å². The van der Waals surface area contributed by atoms with E-state index in [1.807, 2.05) is 31.2 Å². The zero-order valence-electron chi connectivity index (χ0n) is 16.0. The standard InChI is InChI=1S/C20H23NO6S/c1-20(13-27-20)12-18(19(22)26-3)21-28(23,24)17-10-6-15(7-11-17)14-4-8-16(25-2)9-5-14/h4-11,18,21H,12-13H2,1-3H3. The summed E-state index contributed by atoms with van der Waals surface area (Å²) < 4.78 is 43.0. The predicted octanol–water partition coefficient (Wildman–Crippen LogP) is 2.36. The first-order valence-corrected chi connectivity index (χ1v) is 10.2. The van der Waals surface area contributed by atoms with Gasteiger partial charge in [-0.15, -0.1) is 0 Å². The van der Waals surface area contributed by atoms with Gasteiger partial charge in [0.2, 0.25) is 10.0 Å². The normalized spacial score (nSPS) is 19.7. The van der Waals surface area contributed by atoms with Crippen LogP contribution < -0.4 is 9.46 Å². The molecule has 3 rings (SSSR count). The third-order valence-electron chi connectivity index (χ3n) is 4.64. The van der Waals surface area contributed by atoms with Gasteiger partial charge in [-0.05, 0) is 42.3 Å². The third kappa shape index (κ3) is 4.70. The Labute approximate surface area is 164 Å². The molecule has 0 saturated carbocycles. The van der Waals surface area contributed by atoms with E-state index in [0.29, 0.717) is 6.61 Å². The molecule has 0 bridgehead atoms. The molecule has 28 heavy (non-hydrogen) atoms. The quantitative estimate of drug-likeness (QED) is 0.535. The minimum atomic E-state index is -3.90. The number of nitrogens with one attached hydrogen (secondary N) is 1. The number of hydrogen-bond acceptors (Lipinski definition) is 6. The van der Waals surface area contributed by atoms with Crippen molar-refractivity contribution in [1.29, 1.82) is 0 Å². The highest BCUT2D eigenvalue weighted by molar-refractivity contribution is 7.89. The minimum absolute atomic E-state index is 0.0699. The molecule has 1 saturated heterocycles. The Morgan fingerprint density at radius 1 is 1.11 bits per heavy atom. The number of ether oxygens (including phenoxy) is 3. The lowest BCUT2D eigenvalue weighted by molar-refractivity contribution is -0.143. The average Bonchev–Trinajstić information content (AvgIpc) is 3.43. The molecule has 8 heteroatoms. The summed E-state index contributed by atoms with van der Waals surface area (Å²) in [6.45, 7) is 2.31. The average molecular weight is 405 g/mol. The maximum atomic E-state index is 12.7. The van der Waals surface area contributed by atoms with Crippen LogP contribution in [-0.4, -0.2) is 46.9 Å². The summed E-state index contributed by atoms with van der Waals surface area (Å²) in [6, 6.07) is 12.9. The topological polar surface area (TPSA) is 94.2 Å². The van der Waals surface area contributed by atoms with Gasteiger partial charge in [0.25, 0.3) is 0 Å². The van der Waals surface area contributed by atoms with Crippen molar-refractivity contribution in [1.82, 2.24) is 4.72 Å². The summed E-state index contributed by atoms with van der Waals surface area (Å²) in [4.78, 5) is 12.1. The zero-order chi connectivity index (χ0) is 20.4. The van der Waals surface area contributed by atoms with E-state index in [0.717, 1.165) is 16.9 Å². The summed E-state index contributed by atoms with van der Waals surface area (Å²) in [6.07, 6.45) is 0.211. The highest BCUT2D eigenvalue weighted by Gasteiger charge is 2.44. The molecule has 2 atom stereocenters. The fourth-order valence-corrected chi connectivity index (χ4v) is 4.04. The number of benzene rings is 2. The molecule has 2 unspecified atom stereocenters. The van der Waals surface area contributed by atoms with E-state index in [1.165, 1.54) is 19.2 Å². The summed E-state index contributed by atoms with van der Waals surface area (Å²) in [7, 11) is -1.07. The zero-order valence-corrected chi connectivity index (χ0v) is 16.8. The van der Waals surface area contributed by atoms with Crippen molar-refractivity contribution in [3.05, 3.63) is 48.5 Å². The SMILES string of the molecule is COC(=O)C(CC1(C)CO1)NS(=O)(=O)c1ccc(-c2ccc(OC)cc2)cc1. The van der Waals surface area contributed by atoms with Crippen LogP contribution in [0.15, 0.2) is 53.4 Å². The Bertz CT molecular complexity index is 934. The van der Waals surface area contributed by atoms with Crippen LogP contribution in [0.3, 0.4) is 0 Å². The lowest BCUT2D eigenvalue weighted by Gasteiger charge is -2.18. The first kappa shape index (κ1) is 20.3. The Balaban J connectivity index is 1.77. The molecule has 1 aliphatic heterocycles. The van der Waals surface area contributed by atoms with Gasteiger partial charge in [-0.1, -0.05) is 24.3 Å². The van der Waals surface area contributed by atoms with Crippen LogP contribution in [0.4, 0.5) is 0 Å². The highest BCUT2D eigenvalue weighted by atomic mass is 32.2. The van der Waals surface area contributed by atoms with Crippen molar-refractivity contribution in [2.24, 2.45) is 0 Å². The summed E-state index contributed by atoms with van der Waals surface area (Å²) in [5.41, 5.74) is 1.30. The van der Waals surface area contributed by atoms with Gasteiger partial charge in [0.05, 0.1) is 31.3 Å². The number of sulfonamides is 1. The molecule has 2 aromatic carbocycles. The first-order chi connectivity index (χ1) is 13.3. The number of hydrogen-bond donors (Lipinski definition) is 1. The fraction of sp³-hybridized carbons (Fsp3) is 0.350. The molecule has 1 heterocycles. The summed E-state index contributed by atoms with van der Waals surface area (Å²) in [5, 5.41) is 0. The van der Waals surface area contributed by atoms with Gasteiger partial charge in [0, 0.05) is 6.42 Å². The smallest absolute Gasteiger partial charge is 0.324 e. The van der Waals surface area contributed by atoms with Crippen LogP contribution in [0.1, 0.15) is 13.3 Å². The molecule has 7 nitrogen and oxygen atoms in total. The Morgan fingerprint density at radius 3 is 2.11 bits per heavy atom. The van der Waals surface area contributed by atoms with Crippen molar-refractivity contribution in [3.8, 4) is 16.9 Å². The number of carbonyl (C=O) groups is 1. The van der Waals surface area contributed by atoms with Crippen LogP contribution >= 0.6 is 0 Å². The van der Waals surface area contributed by atoms with Gasteiger partial charge < -0.3 is 14.2 Å². The Morgan fingerprint density at radius 2 is 1.64 bits per heavy atom. The molecule has 2 aromatic rings. The van der Waals surface area contributed by atoms with Gasteiger partial charge in [-0.25, -0.2) is 8.42 Å². The van der Waals surface area contributed by atoms with Gasteiger partial charge in [0.15, 0.2) is 0 Å². The molecule has 1 N–H and O–H groups in total. The van der Waals surface area contributed by atoms with E-state index >= 15 is 0 Å². The Kier molecular flexibility index (Phi) is 5.74. The van der Waals surface area contributed by atoms with Crippen LogP contribution in [0.2, 0.25) is 0 Å². The number of carbonyl (C=O) groups excluding carboxylic acids is 1. The predicted molar refractivity (Wildman–Crippen MR) is 104 cm³/mol. The minimum Gasteiger partial charge on any atom is -0.497 e. The maximum Gasteiger partial charge on any atom is 0.324 e. The molecule has 0 amide bonds. The lowest BCUT2D eigenvalue weighted by Crippen LogP contribution is -2.43. The van der Waals surface area contributed by atoms with Crippen LogP contribution in [0.5, 0.6) is 5.75 Å². The van der Waals surface area contributed by atoms with Crippen molar-refractivity contribution >= 4 is 16.0 Å². The number of esters is 1. The molecule has 0 aromatic heterocycles. The molecule has 0 spiro atoms. The van der Waals surface area contributed by atoms with Crippen LogP contribution in [-0.2, 0) is 24.3 Å². The maximum absolute atomic E-state index is 12.7. The first-order valence-electron chi connectivity index (χ1n) is 8.75. The van der Waals surface area contributed by atoms with Gasteiger partial charge in [-0.2, -0.15) is 4.72 Å². The number of epoxide rings is 1. The largest absolute Gasteiger partial charge is 0.497 e. The van der Waals surface area contributed by atoms with Crippen LogP contribution in [0, 0.1) is 0 Å². The molecule has 0 radical (unpaired) electrons. The van der Waals surface area contributed by atoms with E-state index < -0.39 is 27.6 Å². The van der Waals surface area contributed by atoms with Crippen LogP contribution in [0.25, 0.3) is 11.1 Å². The number of methoxy groups -OCH3 is 2. The van der Waals surface area contributed by atoms with Crippen molar-refractivity contribution in [2.45, 2.75) is 29.9 Å². The van der Waals surface area contributed by atoms with Crippen molar-refractivity contribution in [2.75, 3.05) is 20.8 Å². The van der Waals surface area contributed by atoms with Crippen molar-refractivity contribution in [3.63, 3.8) is 0 Å². The molecule has 1 aliphatic rings. The molecule has 150 valence electrons. The second kappa shape index (κ2) is 7.90. The fourth-order valence-electron chi connectivity index (χ4n) is 2.85. The van der Waals surface area contributed by atoms with Crippen molar-refractivity contribution < 1.29 is 27.4 Å². The number of rotatable bonds is 8. The second-order valence-electron chi connectivity index (χ2n) is 6.89. The van der Waals surface area contributed by atoms with E-state index in [9.17, 15) is 13.2 Å². The summed E-state index contributed by atoms with van der Waals surface area (Å²) >= 11 is 0. The van der Waals surface area contributed by atoms with Gasteiger partial charge >= 0.3 is 5.97 Å². The lowest BCUT2D eigenvalue weighted by atomic mass is 10.0. The van der Waals surface area contributed by atoms with E-state index in [2.05, 4.69) is 4.72 Å². The molecular weight excluding hydrogens is 382 g/mol. The monoisotopic (exact) mass is 405 g/mol. The summed E-state index contributed by atoms with van der Waals surface area (Å²) in [5.74, 6) is 0.101.